The van der Waals surface area contributed by atoms with E-state index in [-0.39, 0.29) is 33.3 Å². The molecule has 0 bridgehead atoms. The number of carbonyl (C=O) groups excluding carboxylic acids is 1. The molecule has 8 nitrogen and oxygen atoms in total. The van der Waals surface area contributed by atoms with Crippen molar-refractivity contribution in [2.45, 2.75) is 11.2 Å². The van der Waals surface area contributed by atoms with Gasteiger partial charge in [0, 0.05) is 18.0 Å². The minimum Gasteiger partial charge on any atom is -0.493 e. The van der Waals surface area contributed by atoms with Crippen molar-refractivity contribution in [3.8, 4) is 23.3 Å². The first-order chi connectivity index (χ1) is 16.0. The summed E-state index contributed by atoms with van der Waals surface area (Å²) in [4.78, 5) is 16.7. The Morgan fingerprint density at radius 1 is 1.18 bits per heavy atom. The fourth-order valence-corrected chi connectivity index (χ4v) is 3.45. The number of anilines is 1. The minimum atomic E-state index is -4.83. The molecule has 0 fully saturated rings. The molecule has 0 saturated carbocycles. The van der Waals surface area contributed by atoms with Crippen LogP contribution in [-0.2, 0) is 17.2 Å². The van der Waals surface area contributed by atoms with Crippen LogP contribution in [0.3, 0.4) is 0 Å². The molecule has 0 spiro atoms. The summed E-state index contributed by atoms with van der Waals surface area (Å²) in [6, 6.07) is 9.90. The largest absolute Gasteiger partial charge is 0.493 e. The number of halogens is 4. The molecule has 0 saturated heterocycles. The van der Waals surface area contributed by atoms with Crippen LogP contribution >= 0.6 is 11.6 Å². The predicted octanol–water partition coefficient (Wildman–Crippen LogP) is 4.66. The van der Waals surface area contributed by atoms with E-state index < -0.39 is 39.4 Å². The summed E-state index contributed by atoms with van der Waals surface area (Å²) in [7, 11) is -0.643. The van der Waals surface area contributed by atoms with Crippen LogP contribution in [0.2, 0.25) is 5.02 Å². The minimum absolute atomic E-state index is 0.0259. The molecular weight excluding hydrogens is 497 g/mol. The average molecular weight is 511 g/mol. The van der Waals surface area contributed by atoms with Crippen molar-refractivity contribution in [3.05, 3.63) is 70.4 Å². The maximum Gasteiger partial charge on any atom is 0.417 e. The van der Waals surface area contributed by atoms with Crippen molar-refractivity contribution < 1.29 is 31.6 Å². The molecule has 0 radical (unpaired) electrons. The first-order valence-corrected chi connectivity index (χ1v) is 10.7. The molecule has 34 heavy (non-hydrogen) atoms. The van der Waals surface area contributed by atoms with Crippen LogP contribution in [0.25, 0.3) is 0 Å². The second-order valence-corrected chi connectivity index (χ2v) is 7.96. The number of methoxy groups -OCH3 is 1. The summed E-state index contributed by atoms with van der Waals surface area (Å²) < 4.78 is 62.6. The van der Waals surface area contributed by atoms with Crippen molar-refractivity contribution in [1.29, 1.82) is 5.26 Å². The fraction of sp³-hybridized carbons (Fsp3) is 0.0952. The van der Waals surface area contributed by atoms with Gasteiger partial charge >= 0.3 is 6.18 Å². The number of hydrogen-bond acceptors (Lipinski definition) is 6. The molecule has 1 atom stereocenters. The van der Waals surface area contributed by atoms with Crippen LogP contribution in [0.15, 0.2) is 53.7 Å². The lowest BCUT2D eigenvalue weighted by Crippen LogP contribution is -2.16. The van der Waals surface area contributed by atoms with Crippen LogP contribution in [0.5, 0.6) is 17.2 Å². The SMILES string of the molecule is COc1cc(C#N)ccc1Oc1cc(C(F)(F)F)c(Cl)cc1C(=O)Nc1ccnc([S@](N)=O)c1. The Morgan fingerprint density at radius 3 is 2.53 bits per heavy atom. The molecule has 0 aliphatic heterocycles. The third-order valence-corrected chi connectivity index (χ3v) is 5.28. The Labute approximate surface area is 198 Å². The highest BCUT2D eigenvalue weighted by atomic mass is 35.5. The molecule has 3 N–H and O–H groups in total. The summed E-state index contributed by atoms with van der Waals surface area (Å²) >= 11 is 5.82. The van der Waals surface area contributed by atoms with E-state index in [2.05, 4.69) is 10.3 Å². The molecule has 3 rings (SSSR count). The normalized spacial score (nSPS) is 11.9. The van der Waals surface area contributed by atoms with E-state index in [0.717, 1.165) is 6.07 Å². The summed E-state index contributed by atoms with van der Waals surface area (Å²) in [6.45, 7) is 0. The highest BCUT2D eigenvalue weighted by Gasteiger charge is 2.35. The van der Waals surface area contributed by atoms with Gasteiger partial charge in [-0.25, -0.2) is 14.3 Å². The second kappa shape index (κ2) is 10.1. The summed E-state index contributed by atoms with van der Waals surface area (Å²) in [5, 5.41) is 16.0. The van der Waals surface area contributed by atoms with Crippen molar-refractivity contribution >= 4 is 34.2 Å². The molecule has 0 aliphatic rings. The van der Waals surface area contributed by atoms with Gasteiger partial charge in [-0.2, -0.15) is 18.4 Å². The predicted molar refractivity (Wildman–Crippen MR) is 117 cm³/mol. The number of amides is 1. The van der Waals surface area contributed by atoms with Gasteiger partial charge in [-0.3, -0.25) is 4.79 Å². The molecule has 0 unspecified atom stereocenters. The summed E-state index contributed by atoms with van der Waals surface area (Å²) in [5.74, 6) is -1.35. The first kappa shape index (κ1) is 25.0. The van der Waals surface area contributed by atoms with Crippen LogP contribution in [0.4, 0.5) is 18.9 Å². The Morgan fingerprint density at radius 2 is 1.91 bits per heavy atom. The lowest BCUT2D eigenvalue weighted by atomic mass is 10.1. The van der Waals surface area contributed by atoms with Gasteiger partial charge in [-0.05, 0) is 36.4 Å². The topological polar surface area (TPSA) is 127 Å². The van der Waals surface area contributed by atoms with Crippen LogP contribution in [0, 0.1) is 11.3 Å². The van der Waals surface area contributed by atoms with Gasteiger partial charge in [0.1, 0.15) is 21.8 Å². The number of pyridine rings is 1. The lowest BCUT2D eigenvalue weighted by molar-refractivity contribution is -0.137. The number of carbonyl (C=O) groups is 1. The number of nitriles is 1. The number of hydrogen-bond donors (Lipinski definition) is 2. The quantitative estimate of drug-likeness (QED) is 0.496. The molecule has 3 aromatic rings. The summed E-state index contributed by atoms with van der Waals surface area (Å²) in [6.07, 6.45) is -3.58. The van der Waals surface area contributed by atoms with E-state index in [1.165, 1.54) is 43.6 Å². The number of nitrogens with one attached hydrogen (secondary N) is 1. The summed E-state index contributed by atoms with van der Waals surface area (Å²) in [5.41, 5.74) is -1.21. The van der Waals surface area contributed by atoms with Crippen LogP contribution in [0.1, 0.15) is 21.5 Å². The number of ether oxygens (including phenoxy) is 2. The zero-order valence-corrected chi connectivity index (χ0v) is 18.7. The molecule has 2 aromatic carbocycles. The van der Waals surface area contributed by atoms with Crippen molar-refractivity contribution in [1.82, 2.24) is 4.98 Å². The van der Waals surface area contributed by atoms with Gasteiger partial charge in [-0.15, -0.1) is 0 Å². The van der Waals surface area contributed by atoms with Gasteiger partial charge in [0.15, 0.2) is 11.5 Å². The zero-order chi connectivity index (χ0) is 25.0. The van der Waals surface area contributed by atoms with E-state index in [1.807, 2.05) is 6.07 Å². The van der Waals surface area contributed by atoms with Crippen molar-refractivity contribution in [2.24, 2.45) is 5.14 Å². The highest BCUT2D eigenvalue weighted by molar-refractivity contribution is 7.82. The standard InChI is InChI=1S/C21H14ClF3N4O4S/c1-32-18-6-11(10-26)2-3-16(18)33-17-9-14(21(23,24)25)15(22)8-13(17)20(30)29-12-4-5-28-19(7-12)34(27)31/h2-9H,27H2,1H3,(H,28,29,30)/t34-/m1/s1. The fourth-order valence-electron chi connectivity index (χ4n) is 2.77. The highest BCUT2D eigenvalue weighted by Crippen LogP contribution is 2.41. The lowest BCUT2D eigenvalue weighted by Gasteiger charge is -2.17. The number of nitrogens with zero attached hydrogens (tertiary/aromatic N) is 2. The van der Waals surface area contributed by atoms with Gasteiger partial charge in [0.2, 0.25) is 0 Å². The van der Waals surface area contributed by atoms with Gasteiger partial charge in [0.25, 0.3) is 5.91 Å². The van der Waals surface area contributed by atoms with Gasteiger partial charge < -0.3 is 14.8 Å². The smallest absolute Gasteiger partial charge is 0.417 e. The molecular formula is C21H14ClF3N4O4S. The van der Waals surface area contributed by atoms with E-state index in [4.69, 9.17) is 31.5 Å². The maximum atomic E-state index is 13.5. The molecule has 176 valence electrons. The Hall–Kier alpha value is -3.66. The molecule has 1 heterocycles. The Bertz CT molecular complexity index is 1330. The molecule has 0 aliphatic carbocycles. The Kier molecular flexibility index (Phi) is 7.41. The third-order valence-electron chi connectivity index (χ3n) is 4.33. The monoisotopic (exact) mass is 510 g/mol. The molecule has 1 amide bonds. The average Bonchev–Trinajstić information content (AvgIpc) is 2.79. The number of benzene rings is 2. The van der Waals surface area contributed by atoms with Crippen LogP contribution in [-0.4, -0.2) is 22.2 Å². The number of nitrogens with two attached hydrogens (primary N) is 1. The molecule has 1 aromatic heterocycles. The van der Waals surface area contributed by atoms with Crippen LogP contribution < -0.4 is 19.9 Å². The third kappa shape index (κ3) is 5.63. The van der Waals surface area contributed by atoms with E-state index in [9.17, 15) is 22.2 Å². The Balaban J connectivity index is 2.07. The van der Waals surface area contributed by atoms with Gasteiger partial charge in [0.05, 0.1) is 34.9 Å². The van der Waals surface area contributed by atoms with E-state index in [0.29, 0.717) is 6.07 Å². The number of alkyl halides is 3. The molecule has 13 heteroatoms. The second-order valence-electron chi connectivity index (χ2n) is 6.54. The van der Waals surface area contributed by atoms with E-state index >= 15 is 0 Å². The van der Waals surface area contributed by atoms with Gasteiger partial charge in [-0.1, -0.05) is 11.6 Å². The van der Waals surface area contributed by atoms with Crippen molar-refractivity contribution in [2.75, 3.05) is 12.4 Å². The van der Waals surface area contributed by atoms with Crippen molar-refractivity contribution in [3.63, 3.8) is 0 Å². The number of rotatable bonds is 6. The number of aromatic nitrogens is 1. The zero-order valence-electron chi connectivity index (χ0n) is 17.1. The maximum absolute atomic E-state index is 13.5. The first-order valence-electron chi connectivity index (χ1n) is 9.13. The van der Waals surface area contributed by atoms with E-state index in [1.54, 1.807) is 0 Å².